The van der Waals surface area contributed by atoms with Crippen LogP contribution in [0.25, 0.3) is 0 Å². The molecule has 8 N–H and O–H groups in total. The Morgan fingerprint density at radius 3 is 2.72 bits per heavy atom. The maximum absolute atomic E-state index is 13.1. The van der Waals surface area contributed by atoms with Gasteiger partial charge in [-0.3, -0.25) is 19.5 Å². The molecule has 2 unspecified atom stereocenters. The van der Waals surface area contributed by atoms with Gasteiger partial charge >= 0.3 is 5.97 Å². The molecule has 1 amide bonds. The maximum Gasteiger partial charge on any atom is 0.353 e. The molecule has 0 aromatic carbocycles. The summed E-state index contributed by atoms with van der Waals surface area (Å²) in [5.74, 6) is -4.04. The van der Waals surface area contributed by atoms with E-state index in [0.29, 0.717) is 0 Å². The average Bonchev–Trinajstić information content (AvgIpc) is 3.18. The highest BCUT2D eigenvalue weighted by Gasteiger charge is 2.59. The number of amides is 1. The van der Waals surface area contributed by atoms with E-state index in [0.717, 1.165) is 34.2 Å². The Morgan fingerprint density at radius 1 is 1.44 bits per heavy atom. The number of aliphatic carboxylic acids is 1. The zero-order chi connectivity index (χ0) is 23.6. The second-order valence-corrected chi connectivity index (χ2v) is 8.43. The number of β-lactam (4-membered cyclic amide) rings is 1. The van der Waals surface area contributed by atoms with E-state index in [9.17, 15) is 19.5 Å². The van der Waals surface area contributed by atoms with Gasteiger partial charge in [-0.25, -0.2) is 15.2 Å². The molecule has 0 aliphatic carbocycles. The number of hydrogen-bond donors (Lipinski definition) is 5. The second kappa shape index (κ2) is 9.33. The van der Waals surface area contributed by atoms with Crippen LogP contribution in [0.4, 0.5) is 5.13 Å². The van der Waals surface area contributed by atoms with Crippen LogP contribution in [0.1, 0.15) is 5.69 Å². The number of aliphatic imine (C=N–C) groups is 1. The van der Waals surface area contributed by atoms with Crippen molar-refractivity contribution in [3.8, 4) is 0 Å². The molecule has 3 rings (SSSR count). The van der Waals surface area contributed by atoms with Crippen molar-refractivity contribution in [2.75, 3.05) is 19.9 Å². The molecule has 170 valence electrons. The zero-order valence-corrected chi connectivity index (χ0v) is 18.4. The number of hydrogen-bond acceptors (Lipinski definition) is 12. The van der Waals surface area contributed by atoms with Crippen LogP contribution in [-0.4, -0.2) is 75.4 Å². The second-order valence-electron chi connectivity index (χ2n) is 6.28. The lowest BCUT2D eigenvalue weighted by atomic mass is 9.88. The molecule has 1 fully saturated rings. The summed E-state index contributed by atoms with van der Waals surface area (Å²) in [4.78, 5) is 51.3. The van der Waals surface area contributed by atoms with Gasteiger partial charge < -0.3 is 27.1 Å². The highest BCUT2D eigenvalue weighted by atomic mass is 32.2. The van der Waals surface area contributed by atoms with Crippen LogP contribution in [0, 0.1) is 5.92 Å². The van der Waals surface area contributed by atoms with E-state index in [1.54, 1.807) is 0 Å². The van der Waals surface area contributed by atoms with Crippen LogP contribution in [0.3, 0.4) is 0 Å². The fraction of sp³-hybridized carbons (Fsp3) is 0.312. The van der Waals surface area contributed by atoms with Gasteiger partial charge in [-0.15, -0.1) is 23.1 Å². The first kappa shape index (κ1) is 23.2. The normalized spacial score (nSPS) is 23.8. The first-order valence-electron chi connectivity index (χ1n) is 8.80. The number of ketones is 1. The summed E-state index contributed by atoms with van der Waals surface area (Å²) in [6.45, 7) is 0. The van der Waals surface area contributed by atoms with Gasteiger partial charge in [0.25, 0.3) is 0 Å². The number of thioether (sulfide) groups is 1. The summed E-state index contributed by atoms with van der Waals surface area (Å²) in [5.41, 5.74) is 19.3. The Balaban J connectivity index is 1.93. The number of nitrogen functional groups attached to an aromatic ring is 1. The number of Topliss-reactive ketones (excluding diaryl/α,β-unsaturated/α-hetero) is 1. The fourth-order valence-corrected chi connectivity index (χ4v) is 4.91. The van der Waals surface area contributed by atoms with Crippen LogP contribution in [0.5, 0.6) is 0 Å². The largest absolute Gasteiger partial charge is 0.477 e. The number of guanidine groups is 1. The smallest absolute Gasteiger partial charge is 0.353 e. The minimum Gasteiger partial charge on any atom is -0.477 e. The molecule has 1 aromatic heterocycles. The molecule has 2 aliphatic rings. The van der Waals surface area contributed by atoms with Gasteiger partial charge in [0.1, 0.15) is 29.8 Å². The molecule has 1 saturated heterocycles. The Hall–Kier alpha value is -3.50. The zero-order valence-electron chi connectivity index (χ0n) is 16.8. The number of aromatic nitrogens is 1. The highest BCUT2D eigenvalue weighted by molar-refractivity contribution is 8.00. The van der Waals surface area contributed by atoms with Crippen molar-refractivity contribution < 1.29 is 24.3 Å². The van der Waals surface area contributed by atoms with Gasteiger partial charge in [-0.05, 0) is 0 Å². The van der Waals surface area contributed by atoms with E-state index in [4.69, 9.17) is 22.0 Å². The van der Waals surface area contributed by atoms with Crippen LogP contribution in [0.2, 0.25) is 0 Å². The Morgan fingerprint density at radius 2 is 2.16 bits per heavy atom. The number of nitrogens with one attached hydrogen (secondary N) is 1. The van der Waals surface area contributed by atoms with E-state index >= 15 is 0 Å². The molecule has 2 aliphatic heterocycles. The van der Waals surface area contributed by atoms with Gasteiger partial charge in [0.15, 0.2) is 10.8 Å². The third-order valence-electron chi connectivity index (χ3n) is 4.44. The number of rotatable bonds is 7. The fourth-order valence-electron chi connectivity index (χ4n) is 3.01. The maximum atomic E-state index is 13.1. The highest BCUT2D eigenvalue weighted by Crippen LogP contribution is 2.46. The molecule has 16 heteroatoms. The minimum absolute atomic E-state index is 0.00745. The summed E-state index contributed by atoms with van der Waals surface area (Å²) >= 11 is 2.12. The molecule has 0 spiro atoms. The van der Waals surface area contributed by atoms with E-state index in [1.807, 2.05) is 0 Å². The van der Waals surface area contributed by atoms with Gasteiger partial charge in [-0.1, -0.05) is 5.16 Å². The van der Waals surface area contributed by atoms with Crippen LogP contribution in [-0.2, 0) is 19.2 Å². The molecule has 0 bridgehead atoms. The number of hydrazone groups is 1. The van der Waals surface area contributed by atoms with Crippen LogP contribution in [0.15, 0.2) is 31.9 Å². The van der Waals surface area contributed by atoms with Gasteiger partial charge in [-0.2, -0.15) is 5.10 Å². The molecular weight excluding hydrogens is 462 g/mol. The number of thiazole rings is 1. The number of anilines is 1. The van der Waals surface area contributed by atoms with Crippen molar-refractivity contribution in [1.82, 2.24) is 15.3 Å². The Labute approximate surface area is 189 Å². The number of oxime groups is 1. The molecular formula is C16H19N9O5S2. The molecule has 32 heavy (non-hydrogen) atoms. The Bertz CT molecular complexity index is 1080. The van der Waals surface area contributed by atoms with Crippen LogP contribution >= 0.6 is 23.1 Å². The number of carboxylic acid groups (broad SMARTS) is 1. The molecule has 0 radical (unpaired) electrons. The predicted octanol–water partition coefficient (Wildman–Crippen LogP) is -1.68. The monoisotopic (exact) mass is 481 g/mol. The lowest BCUT2D eigenvalue weighted by Gasteiger charge is -2.49. The summed E-state index contributed by atoms with van der Waals surface area (Å²) in [6.07, 6.45) is 1.15. The van der Waals surface area contributed by atoms with E-state index in [2.05, 4.69) is 25.7 Å². The van der Waals surface area contributed by atoms with E-state index < -0.39 is 34.3 Å². The van der Waals surface area contributed by atoms with Crippen molar-refractivity contribution in [3.05, 3.63) is 22.3 Å². The number of nitrogens with two attached hydrogens (primary N) is 3. The molecule has 3 atom stereocenters. The van der Waals surface area contributed by atoms with Crippen molar-refractivity contribution >= 4 is 63.8 Å². The van der Waals surface area contributed by atoms with Crippen molar-refractivity contribution in [1.29, 1.82) is 0 Å². The lowest BCUT2D eigenvalue weighted by molar-refractivity contribution is -0.155. The van der Waals surface area contributed by atoms with Crippen molar-refractivity contribution in [2.24, 2.45) is 32.6 Å². The Kier molecular flexibility index (Phi) is 6.75. The topological polar surface area (TPSA) is 224 Å². The predicted molar refractivity (Wildman–Crippen MR) is 119 cm³/mol. The third kappa shape index (κ3) is 4.14. The quantitative estimate of drug-likeness (QED) is 0.0971. The first-order chi connectivity index (χ1) is 15.2. The summed E-state index contributed by atoms with van der Waals surface area (Å²) < 4.78 is 0. The molecule has 14 nitrogen and oxygen atoms in total. The number of fused-ring (bicyclic) bond motifs is 1. The number of carboxylic acids is 1. The summed E-state index contributed by atoms with van der Waals surface area (Å²) in [7, 11) is 2.67. The minimum atomic E-state index is -1.40. The first-order valence-corrected chi connectivity index (χ1v) is 10.6. The van der Waals surface area contributed by atoms with Gasteiger partial charge in [0, 0.05) is 18.0 Å². The van der Waals surface area contributed by atoms with Crippen LogP contribution < -0.4 is 22.6 Å². The summed E-state index contributed by atoms with van der Waals surface area (Å²) in [5, 5.41) is 17.2. The number of nitrogens with zero attached hydrogens (tertiary/aromatic N) is 5. The number of carbonyl (C=O) groups excluding carboxylic acids is 2. The van der Waals surface area contributed by atoms with Gasteiger partial charge in [0.2, 0.25) is 17.6 Å². The standard InChI is InChI=1S/C16H19N9O5S2/c1-20-15(18)23-21-3-5-9(14(28)29)25-12(27)7(13(25)32-11(5)17)10(26)8(24-30-2)6-4-31-16(19)22-6/h3-4,7,11,13H,17H2,1-2H3,(H2,19,22)(H,28,29)(H3,18,20,23)/b21-3-,24-8?/t7?,11?,13-/m1/s1. The average molecular weight is 482 g/mol. The van der Waals surface area contributed by atoms with E-state index in [1.165, 1.54) is 19.5 Å². The van der Waals surface area contributed by atoms with Gasteiger partial charge in [0.05, 0.1) is 11.6 Å². The number of carbonyl (C=O) groups is 3. The molecule has 1 aromatic rings. The van der Waals surface area contributed by atoms with E-state index in [-0.39, 0.29) is 33.8 Å². The van der Waals surface area contributed by atoms with Crippen molar-refractivity contribution in [2.45, 2.75) is 10.7 Å². The molecule has 0 saturated carbocycles. The molecule has 3 heterocycles. The third-order valence-corrected chi connectivity index (χ3v) is 6.42. The summed E-state index contributed by atoms with van der Waals surface area (Å²) in [6, 6.07) is 0. The SMILES string of the molecule is CN=C(N)N/N=C\C1=C(C(=O)O)N2C(=O)C(C(=O)C(=NOC)c3csc(N)n3)[C@H]2SC1N. The lowest BCUT2D eigenvalue weighted by Crippen LogP contribution is -2.66. The van der Waals surface area contributed by atoms with Crippen molar-refractivity contribution in [3.63, 3.8) is 0 Å².